The zero-order chi connectivity index (χ0) is 15.9. The van der Waals surface area contributed by atoms with Crippen LogP contribution in [0.3, 0.4) is 0 Å². The van der Waals surface area contributed by atoms with Crippen LogP contribution in [0.5, 0.6) is 11.5 Å². The Labute approximate surface area is 143 Å². The number of para-hydroxylation sites is 1. The molecule has 0 aliphatic heterocycles. The second kappa shape index (κ2) is 9.18. The van der Waals surface area contributed by atoms with Crippen LogP contribution in [0.1, 0.15) is 25.3 Å². The molecule has 5 heteroatoms. The van der Waals surface area contributed by atoms with Crippen LogP contribution in [-0.4, -0.2) is 11.9 Å². The summed E-state index contributed by atoms with van der Waals surface area (Å²) in [5.41, 5.74) is 7.42. The van der Waals surface area contributed by atoms with E-state index in [4.69, 9.17) is 10.5 Å². The molecule has 0 saturated heterocycles. The predicted molar refractivity (Wildman–Crippen MR) is 96.5 cm³/mol. The zero-order valence-corrected chi connectivity index (χ0v) is 14.2. The number of benzene rings is 2. The average Bonchev–Trinajstić information content (AvgIpc) is 2.49. The fourth-order valence-corrected chi connectivity index (χ4v) is 2.02. The minimum atomic E-state index is -0.0548. The second-order valence-electron chi connectivity index (χ2n) is 5.48. The van der Waals surface area contributed by atoms with Gasteiger partial charge in [0.15, 0.2) is 5.75 Å². The largest absolute Gasteiger partial charge is 0.455 e. The lowest BCUT2D eigenvalue weighted by Crippen LogP contribution is -2.19. The number of carbonyl (C=O) groups is 1. The van der Waals surface area contributed by atoms with Gasteiger partial charge in [-0.05, 0) is 50.1 Å². The number of amides is 1. The number of halogens is 1. The number of hydrogen-bond donors (Lipinski definition) is 2. The van der Waals surface area contributed by atoms with E-state index in [1.165, 1.54) is 0 Å². The third-order valence-corrected chi connectivity index (χ3v) is 3.21. The average molecular weight is 335 g/mol. The van der Waals surface area contributed by atoms with Crippen LogP contribution in [0.4, 0.5) is 5.69 Å². The molecule has 0 radical (unpaired) electrons. The van der Waals surface area contributed by atoms with Gasteiger partial charge in [-0.2, -0.15) is 0 Å². The van der Waals surface area contributed by atoms with E-state index >= 15 is 0 Å². The quantitative estimate of drug-likeness (QED) is 0.828. The Morgan fingerprint density at radius 2 is 1.91 bits per heavy atom. The van der Waals surface area contributed by atoms with E-state index in [1.807, 2.05) is 62.4 Å². The molecule has 0 aliphatic carbocycles. The first kappa shape index (κ1) is 19.0. The van der Waals surface area contributed by atoms with Crippen molar-refractivity contribution in [1.29, 1.82) is 0 Å². The molecule has 23 heavy (non-hydrogen) atoms. The minimum absolute atomic E-state index is 0. The summed E-state index contributed by atoms with van der Waals surface area (Å²) in [6.45, 7) is 3.87. The van der Waals surface area contributed by atoms with Crippen LogP contribution in [0.15, 0.2) is 48.5 Å². The maximum absolute atomic E-state index is 12.0. The van der Waals surface area contributed by atoms with Crippen LogP contribution in [0.2, 0.25) is 0 Å². The monoisotopic (exact) mass is 334 g/mol. The smallest absolute Gasteiger partial charge is 0.224 e. The van der Waals surface area contributed by atoms with Crippen LogP contribution in [-0.2, 0) is 4.79 Å². The number of nitrogens with two attached hydrogens (primary N) is 1. The first-order valence-corrected chi connectivity index (χ1v) is 7.43. The lowest BCUT2D eigenvalue weighted by Gasteiger charge is -2.13. The van der Waals surface area contributed by atoms with Crippen molar-refractivity contribution >= 4 is 24.0 Å². The third kappa shape index (κ3) is 6.30. The number of ether oxygens (including phenoxy) is 1. The topological polar surface area (TPSA) is 64.3 Å². The van der Waals surface area contributed by atoms with Crippen molar-refractivity contribution in [3.8, 4) is 11.5 Å². The predicted octanol–water partition coefficient (Wildman–Crippen LogP) is 4.28. The molecule has 0 fully saturated rings. The molecule has 0 bridgehead atoms. The standard InChI is InChI=1S/C18H22N2O2.ClH/c1-13-8-10-17(22-15-6-4-3-5-7-15)16(12-13)20-18(21)11-9-14(2)19;/h3-8,10,12,14H,9,11,19H2,1-2H3,(H,20,21);1H. The number of aryl methyl sites for hydroxylation is 1. The summed E-state index contributed by atoms with van der Waals surface area (Å²) in [7, 11) is 0. The first-order chi connectivity index (χ1) is 10.5. The maximum Gasteiger partial charge on any atom is 0.224 e. The molecule has 124 valence electrons. The van der Waals surface area contributed by atoms with Crippen LogP contribution < -0.4 is 15.8 Å². The van der Waals surface area contributed by atoms with Crippen molar-refractivity contribution in [1.82, 2.24) is 0 Å². The molecule has 3 N–H and O–H groups in total. The van der Waals surface area contributed by atoms with Crippen molar-refractivity contribution in [2.24, 2.45) is 5.73 Å². The summed E-state index contributed by atoms with van der Waals surface area (Å²) in [5, 5.41) is 2.91. The van der Waals surface area contributed by atoms with Gasteiger partial charge in [0.1, 0.15) is 5.75 Å². The molecule has 0 aromatic heterocycles. The van der Waals surface area contributed by atoms with E-state index in [1.54, 1.807) is 0 Å². The molecule has 4 nitrogen and oxygen atoms in total. The molecule has 0 spiro atoms. The van der Waals surface area contributed by atoms with Crippen LogP contribution >= 0.6 is 12.4 Å². The van der Waals surface area contributed by atoms with Crippen molar-refractivity contribution in [3.63, 3.8) is 0 Å². The highest BCUT2D eigenvalue weighted by Gasteiger charge is 2.10. The van der Waals surface area contributed by atoms with E-state index in [-0.39, 0.29) is 24.4 Å². The molecule has 2 aromatic carbocycles. The number of anilines is 1. The highest BCUT2D eigenvalue weighted by atomic mass is 35.5. The molecule has 2 rings (SSSR count). The molecular formula is C18H23ClN2O2. The minimum Gasteiger partial charge on any atom is -0.455 e. The molecular weight excluding hydrogens is 312 g/mol. The Hall–Kier alpha value is -2.04. The summed E-state index contributed by atoms with van der Waals surface area (Å²) in [6, 6.07) is 15.2. The lowest BCUT2D eigenvalue weighted by atomic mass is 10.1. The SMILES string of the molecule is Cc1ccc(Oc2ccccc2)c(NC(=O)CCC(C)N)c1.Cl. The number of nitrogens with one attached hydrogen (secondary N) is 1. The molecule has 2 aromatic rings. The van der Waals surface area contributed by atoms with E-state index in [9.17, 15) is 4.79 Å². The van der Waals surface area contributed by atoms with Gasteiger partial charge >= 0.3 is 0 Å². The fourth-order valence-electron chi connectivity index (χ4n) is 2.02. The number of carbonyl (C=O) groups excluding carboxylic acids is 1. The summed E-state index contributed by atoms with van der Waals surface area (Å²) < 4.78 is 5.85. The Kier molecular flexibility index (Phi) is 7.59. The molecule has 0 heterocycles. The summed E-state index contributed by atoms with van der Waals surface area (Å²) in [6.07, 6.45) is 1.06. The molecule has 1 atom stereocenters. The van der Waals surface area contributed by atoms with Crippen LogP contribution in [0, 0.1) is 6.92 Å². The van der Waals surface area contributed by atoms with Gasteiger partial charge in [-0.25, -0.2) is 0 Å². The third-order valence-electron chi connectivity index (χ3n) is 3.21. The molecule has 1 amide bonds. The molecule has 1 unspecified atom stereocenters. The highest BCUT2D eigenvalue weighted by Crippen LogP contribution is 2.30. The number of hydrogen-bond acceptors (Lipinski definition) is 3. The summed E-state index contributed by atoms with van der Waals surface area (Å²) >= 11 is 0. The van der Waals surface area contributed by atoms with Gasteiger partial charge in [-0.3, -0.25) is 4.79 Å². The summed E-state index contributed by atoms with van der Waals surface area (Å²) in [5.74, 6) is 1.31. The van der Waals surface area contributed by atoms with Crippen molar-refractivity contribution in [3.05, 3.63) is 54.1 Å². The van der Waals surface area contributed by atoms with Crippen molar-refractivity contribution in [2.45, 2.75) is 32.7 Å². The van der Waals surface area contributed by atoms with E-state index in [0.29, 0.717) is 24.3 Å². The zero-order valence-electron chi connectivity index (χ0n) is 13.4. The van der Waals surface area contributed by atoms with Gasteiger partial charge < -0.3 is 15.8 Å². The van der Waals surface area contributed by atoms with Gasteiger partial charge in [0.25, 0.3) is 0 Å². The number of rotatable bonds is 6. The van der Waals surface area contributed by atoms with Gasteiger partial charge in [-0.1, -0.05) is 24.3 Å². The van der Waals surface area contributed by atoms with Gasteiger partial charge in [0.05, 0.1) is 5.69 Å². The Morgan fingerprint density at radius 1 is 1.22 bits per heavy atom. The lowest BCUT2D eigenvalue weighted by molar-refractivity contribution is -0.116. The fraction of sp³-hybridized carbons (Fsp3) is 0.278. The van der Waals surface area contributed by atoms with E-state index < -0.39 is 0 Å². The molecule has 0 saturated carbocycles. The maximum atomic E-state index is 12.0. The van der Waals surface area contributed by atoms with Gasteiger partial charge in [-0.15, -0.1) is 12.4 Å². The Bertz CT molecular complexity index is 630. The van der Waals surface area contributed by atoms with Crippen molar-refractivity contribution < 1.29 is 9.53 Å². The normalized spacial score (nSPS) is 11.3. The van der Waals surface area contributed by atoms with Gasteiger partial charge in [0, 0.05) is 12.5 Å². The van der Waals surface area contributed by atoms with E-state index in [2.05, 4.69) is 5.32 Å². The Morgan fingerprint density at radius 3 is 2.57 bits per heavy atom. The Balaban J connectivity index is 0.00000264. The second-order valence-corrected chi connectivity index (χ2v) is 5.48. The van der Waals surface area contributed by atoms with Crippen molar-refractivity contribution in [2.75, 3.05) is 5.32 Å². The van der Waals surface area contributed by atoms with Crippen LogP contribution in [0.25, 0.3) is 0 Å². The molecule has 0 aliphatic rings. The highest BCUT2D eigenvalue weighted by molar-refractivity contribution is 5.92. The first-order valence-electron chi connectivity index (χ1n) is 7.43. The summed E-state index contributed by atoms with van der Waals surface area (Å²) in [4.78, 5) is 12.0. The van der Waals surface area contributed by atoms with E-state index in [0.717, 1.165) is 11.3 Å². The van der Waals surface area contributed by atoms with Gasteiger partial charge in [0.2, 0.25) is 5.91 Å².